The fourth-order valence-corrected chi connectivity index (χ4v) is 5.49. The van der Waals surface area contributed by atoms with Crippen LogP contribution in [0.15, 0.2) is 4.99 Å². The molecule has 1 N–H and O–H groups in total. The molecule has 0 aromatic heterocycles. The van der Waals surface area contributed by atoms with Gasteiger partial charge >= 0.3 is 0 Å². The molecule has 1 atom stereocenters. The van der Waals surface area contributed by atoms with Gasteiger partial charge in [-0.2, -0.15) is 4.31 Å². The number of nitrogens with one attached hydrogen (secondary N) is 1. The maximum atomic E-state index is 12.6. The molecule has 8 nitrogen and oxygen atoms in total. The molecule has 26 heavy (non-hydrogen) atoms. The molecule has 9 heteroatoms. The predicted molar refractivity (Wildman–Crippen MR) is 104 cm³/mol. The van der Waals surface area contributed by atoms with Crippen LogP contribution in [0.3, 0.4) is 0 Å². The van der Waals surface area contributed by atoms with Crippen molar-refractivity contribution in [2.45, 2.75) is 58.2 Å². The number of nitrogens with zero attached hydrogens (tertiary/aromatic N) is 4. The lowest BCUT2D eigenvalue weighted by Crippen LogP contribution is -2.66. The number of amides is 1. The normalized spacial score (nSPS) is 25.3. The van der Waals surface area contributed by atoms with E-state index in [-0.39, 0.29) is 30.1 Å². The number of carbonyl (C=O) groups is 1. The average Bonchev–Trinajstić information content (AvgIpc) is 2.94. The molecule has 2 aliphatic rings. The molecule has 0 saturated carbocycles. The summed E-state index contributed by atoms with van der Waals surface area (Å²) in [4.78, 5) is 20.9. The first kappa shape index (κ1) is 21.0. The van der Waals surface area contributed by atoms with Gasteiger partial charge in [0.05, 0.1) is 18.3 Å². The van der Waals surface area contributed by atoms with Gasteiger partial charge in [0.15, 0.2) is 5.96 Å². The number of guanidine groups is 1. The summed E-state index contributed by atoms with van der Waals surface area (Å²) in [5.74, 6) is 0.730. The molecule has 0 unspecified atom stereocenters. The van der Waals surface area contributed by atoms with Crippen molar-refractivity contribution in [3.8, 4) is 0 Å². The van der Waals surface area contributed by atoms with Crippen LogP contribution in [-0.2, 0) is 14.8 Å². The minimum atomic E-state index is -3.20. The molecule has 1 amide bonds. The number of aliphatic imine (C=N–C) groups is 1. The van der Waals surface area contributed by atoms with Crippen LogP contribution in [0.1, 0.15) is 40.5 Å². The maximum absolute atomic E-state index is 12.6. The molecule has 2 rings (SSSR count). The van der Waals surface area contributed by atoms with Crippen LogP contribution in [0.2, 0.25) is 0 Å². The van der Waals surface area contributed by atoms with Gasteiger partial charge < -0.3 is 15.1 Å². The minimum Gasteiger partial charge on any atom is -0.355 e. The van der Waals surface area contributed by atoms with Crippen molar-refractivity contribution in [3.05, 3.63) is 0 Å². The Balaban J connectivity index is 2.05. The first-order valence-corrected chi connectivity index (χ1v) is 11.1. The monoisotopic (exact) mass is 387 g/mol. The Hall–Kier alpha value is -1.35. The Morgan fingerprint density at radius 1 is 1.38 bits per heavy atom. The standard InChI is InChI=1S/C17H33N5O3S/c1-13(2)22-15(23)11-20(12-17(22,3)4)16(18-5)19-10-14-8-7-9-21(14)26(6,24)25/h13-14H,7-12H2,1-6H3,(H,18,19)/t14-/m1/s1. The van der Waals surface area contributed by atoms with Gasteiger partial charge in [0.1, 0.15) is 0 Å². The Morgan fingerprint density at radius 2 is 2.04 bits per heavy atom. The molecule has 0 aromatic rings. The molecule has 150 valence electrons. The SMILES string of the molecule is CN=C(NC[C@H]1CCCN1S(C)(=O)=O)N1CC(=O)N(C(C)C)C(C)(C)C1. The van der Waals surface area contributed by atoms with E-state index in [1.165, 1.54) is 6.26 Å². The van der Waals surface area contributed by atoms with E-state index >= 15 is 0 Å². The Bertz CT molecular complexity index is 659. The highest BCUT2D eigenvalue weighted by Crippen LogP contribution is 2.24. The fourth-order valence-electron chi connectivity index (χ4n) is 4.30. The third-order valence-electron chi connectivity index (χ3n) is 5.10. The smallest absolute Gasteiger partial charge is 0.242 e. The van der Waals surface area contributed by atoms with Gasteiger partial charge in [0, 0.05) is 38.8 Å². The molecule has 2 saturated heterocycles. The topological polar surface area (TPSA) is 85.3 Å². The van der Waals surface area contributed by atoms with E-state index in [0.717, 1.165) is 12.8 Å². The molecule has 0 spiro atoms. The van der Waals surface area contributed by atoms with Crippen LogP contribution >= 0.6 is 0 Å². The summed E-state index contributed by atoms with van der Waals surface area (Å²) in [5, 5.41) is 3.28. The first-order chi connectivity index (χ1) is 12.0. The molecule has 0 aliphatic carbocycles. The number of hydrogen-bond acceptors (Lipinski definition) is 4. The van der Waals surface area contributed by atoms with Gasteiger partial charge in [0.25, 0.3) is 0 Å². The molecule has 2 heterocycles. The highest BCUT2D eigenvalue weighted by molar-refractivity contribution is 7.88. The lowest BCUT2D eigenvalue weighted by molar-refractivity contribution is -0.145. The summed E-state index contributed by atoms with van der Waals surface area (Å²) in [6, 6.07) is 0.0823. The second-order valence-corrected chi connectivity index (χ2v) is 10.1. The van der Waals surface area contributed by atoms with E-state index in [2.05, 4.69) is 24.2 Å². The van der Waals surface area contributed by atoms with Gasteiger partial charge in [-0.05, 0) is 40.5 Å². The Morgan fingerprint density at radius 3 is 2.54 bits per heavy atom. The van der Waals surface area contributed by atoms with Crippen molar-refractivity contribution in [3.63, 3.8) is 0 Å². The van der Waals surface area contributed by atoms with Crippen LogP contribution in [0.4, 0.5) is 0 Å². The van der Waals surface area contributed by atoms with Crippen LogP contribution in [-0.4, -0.2) is 91.5 Å². The largest absolute Gasteiger partial charge is 0.355 e. The van der Waals surface area contributed by atoms with E-state index in [1.54, 1.807) is 11.4 Å². The molecule has 2 aliphatic heterocycles. The van der Waals surface area contributed by atoms with E-state index in [0.29, 0.717) is 25.6 Å². The molecule has 2 fully saturated rings. The number of hydrogen-bond donors (Lipinski definition) is 1. The number of sulfonamides is 1. The Labute approximate surface area is 157 Å². The first-order valence-electron chi connectivity index (χ1n) is 9.22. The van der Waals surface area contributed by atoms with Crippen molar-refractivity contribution in [1.82, 2.24) is 19.4 Å². The quantitative estimate of drug-likeness (QED) is 0.555. The highest BCUT2D eigenvalue weighted by Gasteiger charge is 2.41. The zero-order valence-electron chi connectivity index (χ0n) is 16.8. The predicted octanol–water partition coefficient (Wildman–Crippen LogP) is 0.317. The van der Waals surface area contributed by atoms with Crippen molar-refractivity contribution in [2.75, 3.05) is 39.5 Å². The molecule has 0 bridgehead atoms. The molecule has 0 radical (unpaired) electrons. The lowest BCUT2D eigenvalue weighted by Gasteiger charge is -2.49. The van der Waals surface area contributed by atoms with Gasteiger partial charge in [-0.15, -0.1) is 0 Å². The number of piperazine rings is 1. The highest BCUT2D eigenvalue weighted by atomic mass is 32.2. The number of rotatable bonds is 4. The van der Waals surface area contributed by atoms with Crippen molar-refractivity contribution in [1.29, 1.82) is 0 Å². The van der Waals surface area contributed by atoms with E-state index in [9.17, 15) is 13.2 Å². The minimum absolute atomic E-state index is 0.0672. The molecular formula is C17H33N5O3S. The summed E-state index contributed by atoms with van der Waals surface area (Å²) in [6.07, 6.45) is 2.96. The summed E-state index contributed by atoms with van der Waals surface area (Å²) in [5.41, 5.74) is -0.298. The van der Waals surface area contributed by atoms with Gasteiger partial charge in [-0.1, -0.05) is 0 Å². The summed E-state index contributed by atoms with van der Waals surface area (Å²) >= 11 is 0. The summed E-state index contributed by atoms with van der Waals surface area (Å²) in [6.45, 7) is 10.2. The van der Waals surface area contributed by atoms with Crippen LogP contribution in [0.25, 0.3) is 0 Å². The zero-order valence-corrected chi connectivity index (χ0v) is 17.6. The second-order valence-electron chi connectivity index (χ2n) is 8.12. The van der Waals surface area contributed by atoms with E-state index < -0.39 is 10.0 Å². The maximum Gasteiger partial charge on any atom is 0.242 e. The van der Waals surface area contributed by atoms with Crippen molar-refractivity contribution >= 4 is 21.9 Å². The van der Waals surface area contributed by atoms with Gasteiger partial charge in [-0.25, -0.2) is 8.42 Å². The Kier molecular flexibility index (Phi) is 6.22. The van der Waals surface area contributed by atoms with Crippen molar-refractivity contribution in [2.24, 2.45) is 4.99 Å². The summed E-state index contributed by atoms with van der Waals surface area (Å²) in [7, 11) is -1.50. The lowest BCUT2D eigenvalue weighted by atomic mass is 9.96. The molecular weight excluding hydrogens is 354 g/mol. The average molecular weight is 388 g/mol. The van der Waals surface area contributed by atoms with Crippen LogP contribution in [0.5, 0.6) is 0 Å². The van der Waals surface area contributed by atoms with Crippen LogP contribution < -0.4 is 5.32 Å². The van der Waals surface area contributed by atoms with E-state index in [4.69, 9.17) is 0 Å². The van der Waals surface area contributed by atoms with Crippen molar-refractivity contribution < 1.29 is 13.2 Å². The van der Waals surface area contributed by atoms with Gasteiger partial charge in [-0.3, -0.25) is 9.79 Å². The summed E-state index contributed by atoms with van der Waals surface area (Å²) < 4.78 is 25.3. The third kappa shape index (κ3) is 4.49. The van der Waals surface area contributed by atoms with Gasteiger partial charge in [0.2, 0.25) is 15.9 Å². The van der Waals surface area contributed by atoms with E-state index in [1.807, 2.05) is 23.6 Å². The number of carbonyl (C=O) groups excluding carboxylic acids is 1. The van der Waals surface area contributed by atoms with Crippen LogP contribution in [0, 0.1) is 0 Å². The molecule has 0 aromatic carbocycles. The fraction of sp³-hybridized carbons (Fsp3) is 0.882. The third-order valence-corrected chi connectivity index (χ3v) is 6.43. The second kappa shape index (κ2) is 7.72. The zero-order chi connectivity index (χ0) is 19.7.